The number of nitrogen functional groups attached to an aromatic ring is 1. The number of aromatic nitrogens is 2. The Morgan fingerprint density at radius 1 is 1.23 bits per heavy atom. The molecule has 1 aliphatic rings. The summed E-state index contributed by atoms with van der Waals surface area (Å²) in [7, 11) is 0. The van der Waals surface area contributed by atoms with E-state index in [1.807, 2.05) is 13.8 Å². The topological polar surface area (TPSA) is 84.4 Å². The minimum absolute atomic E-state index is 0.0332. The molecule has 0 amide bonds. The Morgan fingerprint density at radius 2 is 2.00 bits per heavy atom. The lowest BCUT2D eigenvalue weighted by Crippen LogP contribution is -2.02. The van der Waals surface area contributed by atoms with Crippen LogP contribution in [0.1, 0.15) is 26.0 Å². The smallest absolute Gasteiger partial charge is 0.142 e. The van der Waals surface area contributed by atoms with Crippen molar-refractivity contribution in [2.45, 2.75) is 20.3 Å². The Morgan fingerprint density at radius 3 is 2.64 bits per heavy atom. The van der Waals surface area contributed by atoms with Crippen molar-refractivity contribution in [3.63, 3.8) is 0 Å². The van der Waals surface area contributed by atoms with Crippen LogP contribution in [0.25, 0.3) is 16.8 Å². The molecule has 0 bridgehead atoms. The Bertz CT molecular complexity index is 827. The van der Waals surface area contributed by atoms with Gasteiger partial charge in [0.2, 0.25) is 0 Å². The quantitative estimate of drug-likeness (QED) is 0.885. The molecule has 0 aliphatic carbocycles. The van der Waals surface area contributed by atoms with Gasteiger partial charge in [0.1, 0.15) is 11.6 Å². The SMILES string of the molecule is CC1=NC(C)=C(c2nc(N)cnc2-c2ccc(O)c(Cl)c2)C1. The molecule has 22 heavy (non-hydrogen) atoms. The van der Waals surface area contributed by atoms with Crippen LogP contribution in [0.2, 0.25) is 5.02 Å². The predicted molar refractivity (Wildman–Crippen MR) is 88.9 cm³/mol. The van der Waals surface area contributed by atoms with Gasteiger partial charge in [0.05, 0.1) is 22.6 Å². The summed E-state index contributed by atoms with van der Waals surface area (Å²) in [5, 5.41) is 9.85. The van der Waals surface area contributed by atoms with Crippen LogP contribution >= 0.6 is 11.6 Å². The molecule has 1 aromatic heterocycles. The molecule has 1 aliphatic heterocycles. The van der Waals surface area contributed by atoms with E-state index >= 15 is 0 Å². The first-order valence-corrected chi connectivity index (χ1v) is 7.19. The van der Waals surface area contributed by atoms with E-state index in [0.29, 0.717) is 17.2 Å². The van der Waals surface area contributed by atoms with Crippen LogP contribution in [0.4, 0.5) is 5.82 Å². The van der Waals surface area contributed by atoms with E-state index in [1.165, 1.54) is 12.3 Å². The van der Waals surface area contributed by atoms with E-state index in [1.54, 1.807) is 12.1 Å². The normalized spacial score (nSPS) is 14.4. The van der Waals surface area contributed by atoms with Crippen LogP contribution in [0.15, 0.2) is 35.1 Å². The van der Waals surface area contributed by atoms with Crippen molar-refractivity contribution < 1.29 is 5.11 Å². The van der Waals surface area contributed by atoms with Crippen molar-refractivity contribution in [1.29, 1.82) is 0 Å². The molecule has 0 saturated heterocycles. The first-order chi connectivity index (χ1) is 10.5. The Hall–Kier alpha value is -2.40. The Balaban J connectivity index is 2.17. The third kappa shape index (κ3) is 2.55. The van der Waals surface area contributed by atoms with Gasteiger partial charge in [0, 0.05) is 29.0 Å². The molecule has 0 saturated carbocycles. The molecular weight excluding hydrogens is 300 g/mol. The number of aromatic hydroxyl groups is 1. The van der Waals surface area contributed by atoms with Gasteiger partial charge >= 0.3 is 0 Å². The number of aliphatic imine (C=N–C) groups is 1. The second kappa shape index (κ2) is 5.42. The average molecular weight is 315 g/mol. The monoisotopic (exact) mass is 314 g/mol. The van der Waals surface area contributed by atoms with Crippen molar-refractivity contribution >= 4 is 28.7 Å². The summed E-state index contributed by atoms with van der Waals surface area (Å²) in [5.74, 6) is 0.388. The zero-order valence-electron chi connectivity index (χ0n) is 12.3. The van der Waals surface area contributed by atoms with Crippen molar-refractivity contribution in [2.75, 3.05) is 5.73 Å². The highest BCUT2D eigenvalue weighted by atomic mass is 35.5. The van der Waals surface area contributed by atoms with Crippen molar-refractivity contribution in [3.8, 4) is 17.0 Å². The van der Waals surface area contributed by atoms with Crippen LogP contribution in [-0.2, 0) is 0 Å². The fraction of sp³-hybridized carbons (Fsp3) is 0.188. The first-order valence-electron chi connectivity index (χ1n) is 6.81. The van der Waals surface area contributed by atoms with Crippen molar-refractivity contribution in [3.05, 3.63) is 40.8 Å². The summed E-state index contributed by atoms with van der Waals surface area (Å²) in [4.78, 5) is 13.3. The van der Waals surface area contributed by atoms with Gasteiger partial charge in [-0.1, -0.05) is 11.6 Å². The maximum Gasteiger partial charge on any atom is 0.142 e. The molecule has 0 spiro atoms. The van der Waals surface area contributed by atoms with E-state index in [4.69, 9.17) is 17.3 Å². The molecule has 3 rings (SSSR count). The molecule has 5 nitrogen and oxygen atoms in total. The summed E-state index contributed by atoms with van der Waals surface area (Å²) in [6.07, 6.45) is 2.24. The van der Waals surface area contributed by atoms with Crippen LogP contribution in [-0.4, -0.2) is 20.8 Å². The number of phenolic OH excluding ortho intramolecular Hbond substituents is 1. The third-order valence-electron chi connectivity index (χ3n) is 3.53. The highest BCUT2D eigenvalue weighted by Gasteiger charge is 2.20. The molecule has 0 unspecified atom stereocenters. The second-order valence-corrected chi connectivity index (χ2v) is 5.65. The molecule has 0 fully saturated rings. The van der Waals surface area contributed by atoms with Gasteiger partial charge in [0.25, 0.3) is 0 Å². The van der Waals surface area contributed by atoms with E-state index in [-0.39, 0.29) is 10.8 Å². The largest absolute Gasteiger partial charge is 0.506 e. The maximum atomic E-state index is 9.58. The number of nitrogens with zero attached hydrogens (tertiary/aromatic N) is 3. The summed E-state index contributed by atoms with van der Waals surface area (Å²) in [6, 6.07) is 4.96. The Labute approximate surface area is 133 Å². The predicted octanol–water partition coefficient (Wildman–Crippen LogP) is 3.68. The molecule has 2 heterocycles. The number of halogens is 1. The molecule has 112 valence electrons. The van der Waals surface area contributed by atoms with Gasteiger partial charge < -0.3 is 10.8 Å². The van der Waals surface area contributed by atoms with Crippen molar-refractivity contribution in [2.24, 2.45) is 4.99 Å². The number of hydrogen-bond donors (Lipinski definition) is 2. The minimum atomic E-state index is 0.0332. The number of hydrogen-bond acceptors (Lipinski definition) is 5. The summed E-state index contributed by atoms with van der Waals surface area (Å²) in [5.41, 5.74) is 10.9. The van der Waals surface area contributed by atoms with Gasteiger partial charge in [-0.2, -0.15) is 0 Å². The van der Waals surface area contributed by atoms with Crippen LogP contribution in [0.5, 0.6) is 5.75 Å². The highest BCUT2D eigenvalue weighted by molar-refractivity contribution is 6.32. The van der Waals surface area contributed by atoms with Crippen LogP contribution in [0.3, 0.4) is 0 Å². The molecule has 6 heteroatoms. The lowest BCUT2D eigenvalue weighted by Gasteiger charge is -2.11. The average Bonchev–Trinajstić information content (AvgIpc) is 2.81. The molecule has 0 radical (unpaired) electrons. The van der Waals surface area contributed by atoms with Gasteiger partial charge in [-0.25, -0.2) is 4.98 Å². The number of benzene rings is 1. The maximum absolute atomic E-state index is 9.58. The zero-order chi connectivity index (χ0) is 15.9. The van der Waals surface area contributed by atoms with E-state index in [9.17, 15) is 5.11 Å². The number of allylic oxidation sites excluding steroid dienone is 2. The number of nitrogens with two attached hydrogens (primary N) is 1. The summed E-state index contributed by atoms with van der Waals surface area (Å²) >= 11 is 6.00. The van der Waals surface area contributed by atoms with Gasteiger partial charge in [-0.15, -0.1) is 0 Å². The van der Waals surface area contributed by atoms with Crippen molar-refractivity contribution in [1.82, 2.24) is 9.97 Å². The van der Waals surface area contributed by atoms with E-state index < -0.39 is 0 Å². The highest BCUT2D eigenvalue weighted by Crippen LogP contribution is 2.36. The first kappa shape index (κ1) is 14.5. The third-order valence-corrected chi connectivity index (χ3v) is 3.83. The van der Waals surface area contributed by atoms with E-state index in [2.05, 4.69) is 15.0 Å². The molecule has 3 N–H and O–H groups in total. The molecule has 1 aromatic carbocycles. The minimum Gasteiger partial charge on any atom is -0.506 e. The standard InChI is InChI=1S/C16H15ClN4O/c1-8-5-11(9(2)20-8)16-15(19-7-14(18)21-16)10-3-4-13(22)12(17)6-10/h3-4,6-7,22H,5H2,1-2H3,(H2,18,21). The van der Waals surface area contributed by atoms with Gasteiger partial charge in [0.15, 0.2) is 0 Å². The molecule has 0 atom stereocenters. The molecular formula is C16H15ClN4O. The lowest BCUT2D eigenvalue weighted by atomic mass is 10.0. The van der Waals surface area contributed by atoms with Crippen LogP contribution < -0.4 is 5.73 Å². The fourth-order valence-electron chi connectivity index (χ4n) is 2.51. The lowest BCUT2D eigenvalue weighted by molar-refractivity contribution is 0.475. The van der Waals surface area contributed by atoms with E-state index in [0.717, 1.165) is 29.0 Å². The van der Waals surface area contributed by atoms with Gasteiger partial charge in [-0.3, -0.25) is 9.98 Å². The Kier molecular flexibility index (Phi) is 3.58. The van der Waals surface area contributed by atoms with Gasteiger partial charge in [-0.05, 0) is 32.0 Å². The molecule has 2 aromatic rings. The fourth-order valence-corrected chi connectivity index (χ4v) is 2.69. The van der Waals surface area contributed by atoms with Crippen LogP contribution in [0, 0.1) is 0 Å². The second-order valence-electron chi connectivity index (χ2n) is 5.25. The number of phenols is 1. The zero-order valence-corrected chi connectivity index (χ0v) is 13.0. The number of anilines is 1. The number of rotatable bonds is 2. The summed E-state index contributed by atoms with van der Waals surface area (Å²) in [6.45, 7) is 3.93. The summed E-state index contributed by atoms with van der Waals surface area (Å²) < 4.78 is 0.